The number of nitrogens with one attached hydrogen (secondary N) is 2. The highest BCUT2D eigenvalue weighted by Gasteiger charge is 2.26. The number of carbonyl (C=O) groups excluding carboxylic acids is 2. The molecular weight excluding hydrogens is 320 g/mol. The van der Waals surface area contributed by atoms with Crippen LogP contribution >= 0.6 is 11.8 Å². The van der Waals surface area contributed by atoms with Crippen LogP contribution < -0.4 is 10.6 Å². The maximum atomic E-state index is 12.2. The van der Waals surface area contributed by atoms with Gasteiger partial charge in [0.2, 0.25) is 11.8 Å². The lowest BCUT2D eigenvalue weighted by Gasteiger charge is -2.24. The van der Waals surface area contributed by atoms with Gasteiger partial charge in [-0.1, -0.05) is 24.3 Å². The number of fused-ring (bicyclic) bond motifs is 1. The Morgan fingerprint density at radius 3 is 2.92 bits per heavy atom. The topological polar surface area (TPSA) is 58.2 Å². The van der Waals surface area contributed by atoms with Gasteiger partial charge in [0.25, 0.3) is 0 Å². The summed E-state index contributed by atoms with van der Waals surface area (Å²) in [7, 11) is 0. The summed E-state index contributed by atoms with van der Waals surface area (Å²) in [6.45, 7) is 0. The maximum absolute atomic E-state index is 12.2. The minimum absolute atomic E-state index is 0.00544. The predicted octanol–water partition coefficient (Wildman–Crippen LogP) is 3.94. The summed E-state index contributed by atoms with van der Waals surface area (Å²) in [6, 6.07) is 15.6. The summed E-state index contributed by atoms with van der Waals surface area (Å²) < 4.78 is 0. The normalized spacial score (nSPS) is 16.2. The summed E-state index contributed by atoms with van der Waals surface area (Å²) in [6.07, 6.45) is 3.58. The Labute approximate surface area is 146 Å². The molecule has 0 saturated heterocycles. The molecule has 1 aliphatic rings. The van der Waals surface area contributed by atoms with Crippen molar-refractivity contribution in [3.63, 3.8) is 0 Å². The molecule has 0 aromatic heterocycles. The molecule has 2 N–H and O–H groups in total. The molecule has 24 heavy (non-hydrogen) atoms. The molecule has 0 radical (unpaired) electrons. The Kier molecular flexibility index (Phi) is 5.20. The maximum Gasteiger partial charge on any atom is 0.227 e. The van der Waals surface area contributed by atoms with Gasteiger partial charge in [-0.15, -0.1) is 11.8 Å². The molecule has 3 rings (SSSR count). The van der Waals surface area contributed by atoms with E-state index in [1.165, 1.54) is 0 Å². The first-order valence-electron chi connectivity index (χ1n) is 7.98. The predicted molar refractivity (Wildman–Crippen MR) is 98.4 cm³/mol. The van der Waals surface area contributed by atoms with Gasteiger partial charge in [0.1, 0.15) is 0 Å². The number of para-hydroxylation sites is 1. The van der Waals surface area contributed by atoms with Crippen LogP contribution in [0.15, 0.2) is 53.4 Å². The van der Waals surface area contributed by atoms with Gasteiger partial charge in [-0.05, 0) is 48.9 Å². The van der Waals surface area contributed by atoms with Crippen molar-refractivity contribution in [2.24, 2.45) is 5.92 Å². The summed E-state index contributed by atoms with van der Waals surface area (Å²) in [5.74, 6) is -0.200. The van der Waals surface area contributed by atoms with Gasteiger partial charge in [0.05, 0.1) is 0 Å². The number of benzene rings is 2. The Hall–Kier alpha value is -2.27. The Bertz CT molecular complexity index is 761. The molecule has 124 valence electrons. The van der Waals surface area contributed by atoms with Crippen molar-refractivity contribution in [2.45, 2.75) is 24.2 Å². The summed E-state index contributed by atoms with van der Waals surface area (Å²) in [4.78, 5) is 25.4. The van der Waals surface area contributed by atoms with Gasteiger partial charge in [-0.2, -0.15) is 0 Å². The average Bonchev–Trinajstić information content (AvgIpc) is 2.60. The molecular formula is C19H20N2O2S. The van der Waals surface area contributed by atoms with E-state index >= 15 is 0 Å². The molecule has 5 heteroatoms. The Balaban J connectivity index is 1.55. The molecule has 4 nitrogen and oxygen atoms in total. The van der Waals surface area contributed by atoms with Crippen LogP contribution in [-0.4, -0.2) is 18.1 Å². The summed E-state index contributed by atoms with van der Waals surface area (Å²) in [5.41, 5.74) is 2.82. The fraction of sp³-hybridized carbons (Fsp3) is 0.263. The van der Waals surface area contributed by atoms with E-state index in [9.17, 15) is 9.59 Å². The van der Waals surface area contributed by atoms with E-state index in [4.69, 9.17) is 0 Å². The summed E-state index contributed by atoms with van der Waals surface area (Å²) >= 11 is 1.64. The van der Waals surface area contributed by atoms with Crippen LogP contribution in [0.2, 0.25) is 0 Å². The number of hydrogen-bond acceptors (Lipinski definition) is 3. The minimum Gasteiger partial charge on any atom is -0.326 e. The number of rotatable bonds is 5. The highest BCUT2D eigenvalue weighted by molar-refractivity contribution is 7.98. The van der Waals surface area contributed by atoms with Crippen LogP contribution in [0.4, 0.5) is 11.4 Å². The molecule has 0 spiro atoms. The van der Waals surface area contributed by atoms with Gasteiger partial charge in [-0.3, -0.25) is 9.59 Å². The van der Waals surface area contributed by atoms with E-state index in [-0.39, 0.29) is 17.7 Å². The van der Waals surface area contributed by atoms with Crippen molar-refractivity contribution >= 4 is 35.0 Å². The monoisotopic (exact) mass is 340 g/mol. The SMILES string of the molecule is CSc1cccc(NC(=O)CCC2Cc3ccccc3NC2=O)c1. The van der Waals surface area contributed by atoms with Gasteiger partial charge in [0.15, 0.2) is 0 Å². The molecule has 0 aliphatic carbocycles. The van der Waals surface area contributed by atoms with E-state index in [0.29, 0.717) is 19.3 Å². The second-order valence-corrected chi connectivity index (χ2v) is 6.75. The van der Waals surface area contributed by atoms with Crippen molar-refractivity contribution in [1.29, 1.82) is 0 Å². The van der Waals surface area contributed by atoms with Crippen molar-refractivity contribution < 1.29 is 9.59 Å². The van der Waals surface area contributed by atoms with Crippen LogP contribution in [0, 0.1) is 5.92 Å². The number of hydrogen-bond donors (Lipinski definition) is 2. The number of anilines is 2. The second kappa shape index (κ2) is 7.53. The summed E-state index contributed by atoms with van der Waals surface area (Å²) in [5, 5.41) is 5.83. The van der Waals surface area contributed by atoms with E-state index in [2.05, 4.69) is 10.6 Å². The molecule has 0 bridgehead atoms. The molecule has 0 fully saturated rings. The van der Waals surface area contributed by atoms with Crippen molar-refractivity contribution in [3.8, 4) is 0 Å². The third-order valence-corrected chi connectivity index (χ3v) is 4.91. The standard InChI is InChI=1S/C19H20N2O2S/c1-24-16-7-4-6-15(12-16)20-18(22)10-9-14-11-13-5-2-3-8-17(13)21-19(14)23/h2-8,12,14H,9-11H2,1H3,(H,20,22)(H,21,23). The lowest BCUT2D eigenvalue weighted by molar-refractivity contribution is -0.121. The number of amides is 2. The first-order chi connectivity index (χ1) is 11.7. The molecule has 1 atom stereocenters. The molecule has 1 heterocycles. The second-order valence-electron chi connectivity index (χ2n) is 5.87. The molecule has 0 saturated carbocycles. The zero-order valence-corrected chi connectivity index (χ0v) is 14.4. The lowest BCUT2D eigenvalue weighted by atomic mass is 9.89. The molecule has 1 aliphatic heterocycles. The van der Waals surface area contributed by atoms with Crippen LogP contribution in [-0.2, 0) is 16.0 Å². The average molecular weight is 340 g/mol. The Morgan fingerprint density at radius 1 is 1.25 bits per heavy atom. The van der Waals surface area contributed by atoms with Crippen LogP contribution in [0.3, 0.4) is 0 Å². The van der Waals surface area contributed by atoms with Crippen LogP contribution in [0.25, 0.3) is 0 Å². The number of carbonyl (C=O) groups is 2. The lowest BCUT2D eigenvalue weighted by Crippen LogP contribution is -2.30. The fourth-order valence-corrected chi connectivity index (χ4v) is 3.34. The molecule has 1 unspecified atom stereocenters. The highest BCUT2D eigenvalue weighted by Crippen LogP contribution is 2.27. The van der Waals surface area contributed by atoms with Crippen molar-refractivity contribution in [2.75, 3.05) is 16.9 Å². The fourth-order valence-electron chi connectivity index (χ4n) is 2.88. The third-order valence-electron chi connectivity index (χ3n) is 4.19. The van der Waals surface area contributed by atoms with Crippen molar-refractivity contribution in [1.82, 2.24) is 0 Å². The zero-order chi connectivity index (χ0) is 16.9. The highest BCUT2D eigenvalue weighted by atomic mass is 32.2. The van der Waals surface area contributed by atoms with Gasteiger partial charge in [-0.25, -0.2) is 0 Å². The molecule has 2 aromatic rings. The first-order valence-corrected chi connectivity index (χ1v) is 9.21. The third kappa shape index (κ3) is 3.97. The minimum atomic E-state index is -0.150. The smallest absolute Gasteiger partial charge is 0.227 e. The van der Waals surface area contributed by atoms with Gasteiger partial charge >= 0.3 is 0 Å². The molecule has 2 amide bonds. The van der Waals surface area contributed by atoms with E-state index in [0.717, 1.165) is 21.8 Å². The van der Waals surface area contributed by atoms with Gasteiger partial charge in [0, 0.05) is 28.6 Å². The van der Waals surface area contributed by atoms with E-state index < -0.39 is 0 Å². The Morgan fingerprint density at radius 2 is 2.08 bits per heavy atom. The van der Waals surface area contributed by atoms with Crippen LogP contribution in [0.1, 0.15) is 18.4 Å². The van der Waals surface area contributed by atoms with E-state index in [1.807, 2.05) is 54.8 Å². The number of thioether (sulfide) groups is 1. The molecule has 2 aromatic carbocycles. The van der Waals surface area contributed by atoms with E-state index in [1.54, 1.807) is 11.8 Å². The first kappa shape index (κ1) is 16.6. The largest absolute Gasteiger partial charge is 0.326 e. The zero-order valence-electron chi connectivity index (χ0n) is 13.5. The quantitative estimate of drug-likeness (QED) is 0.811. The van der Waals surface area contributed by atoms with Crippen LogP contribution in [0.5, 0.6) is 0 Å². The van der Waals surface area contributed by atoms with Crippen molar-refractivity contribution in [3.05, 3.63) is 54.1 Å². The van der Waals surface area contributed by atoms with Gasteiger partial charge < -0.3 is 10.6 Å².